The van der Waals surface area contributed by atoms with E-state index in [0.717, 1.165) is 56.6 Å². The quantitative estimate of drug-likeness (QED) is 0.847. The summed E-state index contributed by atoms with van der Waals surface area (Å²) < 4.78 is 7.64. The molecule has 1 saturated carbocycles. The van der Waals surface area contributed by atoms with Crippen molar-refractivity contribution in [2.45, 2.75) is 52.0 Å². The number of ether oxygens (including phenoxy) is 1. The largest absolute Gasteiger partial charge is 0.379 e. The molecule has 0 N–H and O–H groups in total. The number of rotatable bonds is 3. The predicted molar refractivity (Wildman–Crippen MR) is 100 cm³/mol. The van der Waals surface area contributed by atoms with Crippen molar-refractivity contribution in [1.29, 1.82) is 0 Å². The molecule has 2 aromatic rings. The fourth-order valence-electron chi connectivity index (χ4n) is 4.68. The molecule has 140 valence electrons. The molecule has 0 unspecified atom stereocenters. The maximum absolute atomic E-state index is 5.63. The average Bonchev–Trinajstić information content (AvgIpc) is 3.13. The molecule has 2 aliphatic rings. The van der Waals surface area contributed by atoms with Crippen molar-refractivity contribution in [2.24, 2.45) is 5.92 Å². The Balaban J connectivity index is 1.82. The minimum Gasteiger partial charge on any atom is -0.379 e. The molecule has 1 aliphatic heterocycles. The van der Waals surface area contributed by atoms with Gasteiger partial charge in [-0.3, -0.25) is 4.90 Å². The first-order chi connectivity index (χ1) is 12.6. The number of aromatic nitrogens is 4. The Morgan fingerprint density at radius 3 is 2.38 bits per heavy atom. The summed E-state index contributed by atoms with van der Waals surface area (Å²) in [6.45, 7) is 10.1. The molecule has 6 heteroatoms. The summed E-state index contributed by atoms with van der Waals surface area (Å²) in [6, 6.07) is 6.37. The Hall–Kier alpha value is -1.79. The van der Waals surface area contributed by atoms with Gasteiger partial charge in [-0.1, -0.05) is 25.1 Å². The van der Waals surface area contributed by atoms with Crippen molar-refractivity contribution < 1.29 is 4.74 Å². The van der Waals surface area contributed by atoms with Crippen molar-refractivity contribution in [1.82, 2.24) is 25.1 Å². The Kier molecular flexibility index (Phi) is 4.80. The molecule has 2 heterocycles. The number of morpholine rings is 1. The SMILES string of the molecule is Cc1cccc(C)c1-n1nnnc1C1(N2CCOCC2)CCC(C)CC1. The van der Waals surface area contributed by atoms with Gasteiger partial charge >= 0.3 is 0 Å². The van der Waals surface area contributed by atoms with E-state index in [9.17, 15) is 0 Å². The number of aryl methyl sites for hydroxylation is 2. The number of hydrogen-bond donors (Lipinski definition) is 0. The van der Waals surface area contributed by atoms with Gasteiger partial charge in [0.2, 0.25) is 0 Å². The summed E-state index contributed by atoms with van der Waals surface area (Å²) in [4.78, 5) is 2.58. The Morgan fingerprint density at radius 2 is 1.73 bits per heavy atom. The van der Waals surface area contributed by atoms with Crippen molar-refractivity contribution in [3.63, 3.8) is 0 Å². The van der Waals surface area contributed by atoms with Crippen molar-refractivity contribution in [3.8, 4) is 5.69 Å². The van der Waals surface area contributed by atoms with Crippen molar-refractivity contribution in [2.75, 3.05) is 26.3 Å². The van der Waals surface area contributed by atoms with E-state index in [1.54, 1.807) is 0 Å². The summed E-state index contributed by atoms with van der Waals surface area (Å²) in [5, 5.41) is 13.1. The van der Waals surface area contributed by atoms with Crippen LogP contribution in [0, 0.1) is 19.8 Å². The zero-order valence-corrected chi connectivity index (χ0v) is 16.1. The highest BCUT2D eigenvalue weighted by molar-refractivity contribution is 5.47. The number of para-hydroxylation sites is 1. The van der Waals surface area contributed by atoms with Gasteiger partial charge in [-0.25, -0.2) is 0 Å². The molecule has 1 aliphatic carbocycles. The maximum atomic E-state index is 5.63. The number of hydrogen-bond acceptors (Lipinski definition) is 5. The molecule has 0 amide bonds. The summed E-state index contributed by atoms with van der Waals surface area (Å²) >= 11 is 0. The van der Waals surface area contributed by atoms with Gasteiger partial charge in [0.25, 0.3) is 0 Å². The first-order valence-electron chi connectivity index (χ1n) is 9.80. The molecule has 26 heavy (non-hydrogen) atoms. The minimum absolute atomic E-state index is 0.0888. The van der Waals surface area contributed by atoms with Crippen LogP contribution in [0.2, 0.25) is 0 Å². The fourth-order valence-corrected chi connectivity index (χ4v) is 4.68. The lowest BCUT2D eigenvalue weighted by Gasteiger charge is -2.48. The second kappa shape index (κ2) is 7.08. The van der Waals surface area contributed by atoms with E-state index in [0.29, 0.717) is 0 Å². The lowest BCUT2D eigenvalue weighted by Crippen LogP contribution is -2.54. The van der Waals surface area contributed by atoms with Crippen molar-refractivity contribution in [3.05, 3.63) is 35.2 Å². The summed E-state index contributed by atoms with van der Waals surface area (Å²) in [7, 11) is 0. The second-order valence-electron chi connectivity index (χ2n) is 7.97. The third-order valence-electron chi connectivity index (χ3n) is 6.25. The Bertz CT molecular complexity index is 737. The molecule has 0 atom stereocenters. The zero-order chi connectivity index (χ0) is 18.1. The van der Waals surface area contributed by atoms with Crippen LogP contribution in [0.1, 0.15) is 49.6 Å². The lowest BCUT2D eigenvalue weighted by molar-refractivity contribution is -0.0499. The van der Waals surface area contributed by atoms with Crippen LogP contribution in [0.3, 0.4) is 0 Å². The van der Waals surface area contributed by atoms with Gasteiger partial charge in [0.1, 0.15) is 0 Å². The molecule has 6 nitrogen and oxygen atoms in total. The van der Waals surface area contributed by atoms with Crippen LogP contribution >= 0.6 is 0 Å². The van der Waals surface area contributed by atoms with E-state index < -0.39 is 0 Å². The second-order valence-corrected chi connectivity index (χ2v) is 7.97. The van der Waals surface area contributed by atoms with E-state index in [1.807, 2.05) is 4.68 Å². The van der Waals surface area contributed by atoms with Crippen LogP contribution < -0.4 is 0 Å². The van der Waals surface area contributed by atoms with Gasteiger partial charge in [0.15, 0.2) is 5.82 Å². The molecule has 1 aromatic carbocycles. The number of tetrazole rings is 1. The molecule has 0 radical (unpaired) electrons. The molecular weight excluding hydrogens is 326 g/mol. The van der Waals surface area contributed by atoms with Crippen LogP contribution in [-0.4, -0.2) is 51.4 Å². The normalized spacial score (nSPS) is 27.6. The van der Waals surface area contributed by atoms with Crippen LogP contribution in [0.15, 0.2) is 18.2 Å². The Labute approximate surface area is 155 Å². The van der Waals surface area contributed by atoms with Gasteiger partial charge in [-0.15, -0.1) is 5.10 Å². The molecule has 1 saturated heterocycles. The number of nitrogens with zero attached hydrogens (tertiary/aromatic N) is 5. The minimum atomic E-state index is -0.0888. The van der Waals surface area contributed by atoms with E-state index in [2.05, 4.69) is 59.4 Å². The molecule has 0 bridgehead atoms. The highest BCUT2D eigenvalue weighted by atomic mass is 16.5. The topological polar surface area (TPSA) is 56.1 Å². The monoisotopic (exact) mass is 355 g/mol. The smallest absolute Gasteiger partial charge is 0.176 e. The zero-order valence-electron chi connectivity index (χ0n) is 16.1. The summed E-state index contributed by atoms with van der Waals surface area (Å²) in [5.41, 5.74) is 3.45. The van der Waals surface area contributed by atoms with E-state index in [4.69, 9.17) is 4.74 Å². The van der Waals surface area contributed by atoms with Crippen LogP contribution in [0.5, 0.6) is 0 Å². The van der Waals surface area contributed by atoms with E-state index >= 15 is 0 Å². The van der Waals surface area contributed by atoms with Gasteiger partial charge in [0, 0.05) is 13.1 Å². The third-order valence-corrected chi connectivity index (χ3v) is 6.25. The van der Waals surface area contributed by atoms with Gasteiger partial charge in [-0.05, 0) is 67.0 Å². The highest BCUT2D eigenvalue weighted by Gasteiger charge is 2.46. The lowest BCUT2D eigenvalue weighted by atomic mass is 9.75. The fraction of sp³-hybridized carbons (Fsp3) is 0.650. The third kappa shape index (κ3) is 2.95. The standard InChI is InChI=1S/C20H29N5O/c1-15-7-9-20(10-8-15,24-11-13-26-14-12-24)19-21-22-23-25(19)18-16(2)5-4-6-17(18)3/h4-6,15H,7-14H2,1-3H3. The van der Waals surface area contributed by atoms with Gasteiger partial charge in [0.05, 0.1) is 24.4 Å². The van der Waals surface area contributed by atoms with Crippen LogP contribution in [0.25, 0.3) is 5.69 Å². The summed E-state index contributed by atoms with van der Waals surface area (Å²) in [6.07, 6.45) is 4.66. The van der Waals surface area contributed by atoms with E-state index in [-0.39, 0.29) is 5.54 Å². The Morgan fingerprint density at radius 1 is 1.08 bits per heavy atom. The van der Waals surface area contributed by atoms with Crippen molar-refractivity contribution >= 4 is 0 Å². The molecule has 2 fully saturated rings. The molecule has 4 rings (SSSR count). The predicted octanol–water partition coefficient (Wildman–Crippen LogP) is 3.02. The average molecular weight is 355 g/mol. The molecule has 0 spiro atoms. The molecular formula is C20H29N5O. The van der Waals surface area contributed by atoms with Gasteiger partial charge in [-0.2, -0.15) is 4.68 Å². The summed E-state index contributed by atoms with van der Waals surface area (Å²) in [5.74, 6) is 1.78. The highest BCUT2D eigenvalue weighted by Crippen LogP contribution is 2.44. The van der Waals surface area contributed by atoms with Gasteiger partial charge < -0.3 is 4.74 Å². The first kappa shape index (κ1) is 17.6. The molecule has 1 aromatic heterocycles. The van der Waals surface area contributed by atoms with E-state index in [1.165, 1.54) is 24.0 Å². The maximum Gasteiger partial charge on any atom is 0.176 e. The van der Waals surface area contributed by atoms with Crippen LogP contribution in [-0.2, 0) is 10.3 Å². The number of benzene rings is 1. The first-order valence-corrected chi connectivity index (χ1v) is 9.80. The van der Waals surface area contributed by atoms with Crippen LogP contribution in [0.4, 0.5) is 0 Å².